The summed E-state index contributed by atoms with van der Waals surface area (Å²) >= 11 is 17.2. The summed E-state index contributed by atoms with van der Waals surface area (Å²) < 4.78 is 0.729. The lowest BCUT2D eigenvalue weighted by Crippen LogP contribution is -2.49. The van der Waals surface area contributed by atoms with Crippen molar-refractivity contribution in [1.29, 1.82) is 0 Å². The number of likely N-dealkylation sites (tertiary alicyclic amines) is 1. The van der Waals surface area contributed by atoms with Gasteiger partial charge < -0.3 is 5.32 Å². The molecule has 3 fully saturated rings. The van der Waals surface area contributed by atoms with E-state index in [4.69, 9.17) is 11.6 Å². The number of amides is 3. The van der Waals surface area contributed by atoms with Crippen molar-refractivity contribution in [1.82, 2.24) is 4.90 Å². The van der Waals surface area contributed by atoms with Crippen molar-refractivity contribution >= 4 is 82.8 Å². The Hall–Kier alpha value is -1.22. The van der Waals surface area contributed by atoms with E-state index in [0.717, 1.165) is 16.5 Å². The number of rotatable bonds is 5. The van der Waals surface area contributed by atoms with Crippen molar-refractivity contribution in [2.24, 2.45) is 23.7 Å². The van der Waals surface area contributed by atoms with Crippen LogP contribution in [0.5, 0.6) is 0 Å². The number of benzene rings is 2. The molecule has 2 saturated carbocycles. The van der Waals surface area contributed by atoms with E-state index < -0.39 is 11.9 Å². The zero-order valence-corrected chi connectivity index (χ0v) is 23.7. The highest BCUT2D eigenvalue weighted by molar-refractivity contribution is 9.12. The fourth-order valence-electron chi connectivity index (χ4n) is 5.82. The summed E-state index contributed by atoms with van der Waals surface area (Å²) in [6.45, 7) is 1.81. The van der Waals surface area contributed by atoms with Crippen LogP contribution in [-0.2, 0) is 20.8 Å². The van der Waals surface area contributed by atoms with Crippen LogP contribution in [0.3, 0.4) is 0 Å². The Labute approximate surface area is 228 Å². The molecular weight excluding hydrogens is 651 g/mol. The summed E-state index contributed by atoms with van der Waals surface area (Å²) in [4.78, 5) is 42.5. The highest BCUT2D eigenvalue weighted by Gasteiger charge is 2.67. The topological polar surface area (TPSA) is 66.5 Å². The Morgan fingerprint density at radius 1 is 1.06 bits per heavy atom. The highest BCUT2D eigenvalue weighted by atomic mass is 79.9. The van der Waals surface area contributed by atoms with E-state index >= 15 is 0 Å². The second-order valence-electron chi connectivity index (χ2n) is 9.28. The van der Waals surface area contributed by atoms with Crippen LogP contribution in [0, 0.1) is 30.6 Å². The van der Waals surface area contributed by atoms with Crippen molar-refractivity contribution < 1.29 is 14.4 Å². The van der Waals surface area contributed by atoms with Crippen LogP contribution in [0.2, 0.25) is 5.02 Å². The number of alkyl halides is 2. The largest absolute Gasteiger partial charge is 0.324 e. The maximum atomic E-state index is 13.7. The van der Waals surface area contributed by atoms with Crippen LogP contribution in [0.25, 0.3) is 0 Å². The fraction of sp³-hybridized carbons (Fsp3) is 0.400. The van der Waals surface area contributed by atoms with E-state index in [1.54, 1.807) is 12.1 Å². The lowest BCUT2D eigenvalue weighted by atomic mass is 9.81. The Balaban J connectivity index is 1.48. The number of hydrogen-bond acceptors (Lipinski definition) is 3. The molecule has 1 heterocycles. The number of hydrogen-bond donors (Lipinski definition) is 1. The monoisotopic (exact) mass is 670 g/mol. The van der Waals surface area contributed by atoms with E-state index in [2.05, 4.69) is 53.1 Å². The van der Waals surface area contributed by atoms with Crippen molar-refractivity contribution in [3.8, 4) is 0 Å². The van der Waals surface area contributed by atoms with Gasteiger partial charge in [-0.25, -0.2) is 0 Å². The van der Waals surface area contributed by atoms with Crippen molar-refractivity contribution in [3.63, 3.8) is 0 Å². The van der Waals surface area contributed by atoms with Crippen molar-refractivity contribution in [2.75, 3.05) is 5.32 Å². The Morgan fingerprint density at radius 2 is 1.65 bits per heavy atom. The molecule has 0 aromatic heterocycles. The molecule has 0 radical (unpaired) electrons. The molecule has 5 nitrogen and oxygen atoms in total. The van der Waals surface area contributed by atoms with Gasteiger partial charge in [-0.05, 0) is 64.4 Å². The van der Waals surface area contributed by atoms with Gasteiger partial charge in [0.15, 0.2) is 0 Å². The number of halogens is 4. The van der Waals surface area contributed by atoms with Gasteiger partial charge in [-0.1, -0.05) is 73.8 Å². The molecule has 7 unspecified atom stereocenters. The van der Waals surface area contributed by atoms with Crippen molar-refractivity contribution in [2.45, 2.75) is 35.5 Å². The third kappa shape index (κ3) is 3.89. The van der Waals surface area contributed by atoms with Gasteiger partial charge in [0.25, 0.3) is 0 Å². The van der Waals surface area contributed by atoms with E-state index in [9.17, 15) is 14.4 Å². The number of imide groups is 1. The standard InChI is InChI=1S/C25H22Br3ClN2O3/c1-11-16(8-7-15(26)22(11)29)30-23(32)17(9-12-5-3-2-4-6-12)31-24(33)18-13-10-14(19(18)25(31)34)21(28)20(13)27/h2-8,13-14,17-21H,9-10H2,1H3,(H,30,32). The molecule has 0 spiro atoms. The summed E-state index contributed by atoms with van der Waals surface area (Å²) in [6, 6.07) is 12.0. The minimum atomic E-state index is -0.947. The van der Waals surface area contributed by atoms with Gasteiger partial charge in [0.05, 0.1) is 16.9 Å². The predicted molar refractivity (Wildman–Crippen MR) is 142 cm³/mol. The molecule has 1 N–H and O–H groups in total. The Bertz CT molecular complexity index is 1150. The van der Waals surface area contributed by atoms with E-state index in [1.807, 2.05) is 37.3 Å². The SMILES string of the molecule is Cc1c(NC(=O)C(Cc2ccccc2)N2C(=O)C3C4CC(C(Br)C4Br)C3C2=O)ccc(Br)c1Cl. The molecule has 1 aliphatic heterocycles. The zero-order valence-electron chi connectivity index (χ0n) is 18.2. The van der Waals surface area contributed by atoms with Gasteiger partial charge in [-0.2, -0.15) is 0 Å². The van der Waals surface area contributed by atoms with Gasteiger partial charge in [0.1, 0.15) is 6.04 Å². The summed E-state index contributed by atoms with van der Waals surface area (Å²) in [5.74, 6) is -1.41. The summed E-state index contributed by atoms with van der Waals surface area (Å²) in [5, 5.41) is 3.43. The number of carbonyl (C=O) groups excluding carboxylic acids is 3. The fourth-order valence-corrected chi connectivity index (χ4v) is 8.29. The van der Waals surface area contributed by atoms with E-state index in [0.29, 0.717) is 16.3 Å². The van der Waals surface area contributed by atoms with Crippen LogP contribution >= 0.6 is 59.4 Å². The Kier molecular flexibility index (Phi) is 6.72. The minimum Gasteiger partial charge on any atom is -0.324 e. The molecule has 3 amide bonds. The maximum Gasteiger partial charge on any atom is 0.248 e. The molecule has 2 bridgehead atoms. The molecule has 34 heavy (non-hydrogen) atoms. The molecule has 2 aliphatic carbocycles. The second kappa shape index (κ2) is 9.34. The first-order valence-electron chi connectivity index (χ1n) is 11.1. The van der Waals surface area contributed by atoms with Gasteiger partial charge >= 0.3 is 0 Å². The molecular formula is C25H22Br3ClN2O3. The van der Waals surface area contributed by atoms with Gasteiger partial charge in [-0.15, -0.1) is 0 Å². The smallest absolute Gasteiger partial charge is 0.248 e. The number of nitrogens with one attached hydrogen (secondary N) is 1. The minimum absolute atomic E-state index is 0.0915. The van der Waals surface area contributed by atoms with E-state index in [-0.39, 0.29) is 51.6 Å². The summed E-state index contributed by atoms with van der Waals surface area (Å²) in [5.41, 5.74) is 2.14. The summed E-state index contributed by atoms with van der Waals surface area (Å²) in [6.07, 6.45) is 1.09. The molecule has 5 rings (SSSR count). The first kappa shape index (κ1) is 24.5. The zero-order chi connectivity index (χ0) is 24.3. The molecule has 2 aromatic rings. The predicted octanol–water partition coefficient (Wildman–Crippen LogP) is 5.74. The molecule has 2 aromatic carbocycles. The first-order chi connectivity index (χ1) is 16.2. The average molecular weight is 674 g/mol. The lowest BCUT2D eigenvalue weighted by molar-refractivity contribution is -0.147. The number of anilines is 1. The van der Waals surface area contributed by atoms with Crippen LogP contribution < -0.4 is 5.32 Å². The molecule has 1 saturated heterocycles. The number of fused-ring (bicyclic) bond motifs is 5. The maximum absolute atomic E-state index is 13.7. The molecule has 178 valence electrons. The molecule has 7 atom stereocenters. The number of carbonyl (C=O) groups is 3. The number of nitrogens with zero attached hydrogens (tertiary/aromatic N) is 1. The van der Waals surface area contributed by atoms with Crippen LogP contribution in [0.4, 0.5) is 5.69 Å². The molecule has 9 heteroatoms. The van der Waals surface area contributed by atoms with Crippen LogP contribution in [0.15, 0.2) is 46.9 Å². The summed E-state index contributed by atoms with van der Waals surface area (Å²) in [7, 11) is 0. The van der Waals surface area contributed by atoms with Gasteiger partial charge in [0.2, 0.25) is 17.7 Å². The second-order valence-corrected chi connectivity index (χ2v) is 12.6. The third-order valence-electron chi connectivity index (χ3n) is 7.50. The van der Waals surface area contributed by atoms with Crippen LogP contribution in [-0.4, -0.2) is 38.3 Å². The molecule has 3 aliphatic rings. The van der Waals surface area contributed by atoms with Gasteiger partial charge in [0, 0.05) is 26.2 Å². The van der Waals surface area contributed by atoms with Crippen LogP contribution in [0.1, 0.15) is 17.5 Å². The van der Waals surface area contributed by atoms with Gasteiger partial charge in [-0.3, -0.25) is 19.3 Å². The first-order valence-corrected chi connectivity index (χ1v) is 14.2. The quantitative estimate of drug-likeness (QED) is 0.326. The van der Waals surface area contributed by atoms with Crippen molar-refractivity contribution in [3.05, 3.63) is 63.1 Å². The third-order valence-corrected chi connectivity index (χ3v) is 12.1. The normalized spacial score (nSPS) is 30.6. The van der Waals surface area contributed by atoms with E-state index in [1.165, 1.54) is 4.90 Å². The highest BCUT2D eigenvalue weighted by Crippen LogP contribution is 2.60. The lowest BCUT2D eigenvalue weighted by Gasteiger charge is -2.28. The Morgan fingerprint density at radius 3 is 2.24 bits per heavy atom. The average Bonchev–Trinajstić information content (AvgIpc) is 3.43.